The zero-order chi connectivity index (χ0) is 22.4. The van der Waals surface area contributed by atoms with Gasteiger partial charge in [-0.05, 0) is 18.2 Å². The molecule has 0 bridgehead atoms. The van der Waals surface area contributed by atoms with Gasteiger partial charge in [-0.3, -0.25) is 14.4 Å². The second kappa shape index (κ2) is 9.89. The van der Waals surface area contributed by atoms with Crippen LogP contribution in [0, 0.1) is 11.8 Å². The van der Waals surface area contributed by atoms with Gasteiger partial charge in [0.1, 0.15) is 6.04 Å². The molecule has 0 aliphatic carbocycles. The second-order valence-corrected chi connectivity index (χ2v) is 5.94. The summed E-state index contributed by atoms with van der Waals surface area (Å²) in [7, 11) is 3.03. The number of nitrogens with one attached hydrogen (secondary N) is 1. The number of ether oxygens (including phenoxy) is 3. The van der Waals surface area contributed by atoms with Gasteiger partial charge in [-0.25, -0.2) is 4.79 Å². The van der Waals surface area contributed by atoms with Crippen molar-refractivity contribution in [2.45, 2.75) is 19.1 Å². The predicted molar refractivity (Wildman–Crippen MR) is 91.4 cm³/mol. The van der Waals surface area contributed by atoms with E-state index in [0.29, 0.717) is 6.07 Å². The number of methoxy groups -OCH3 is 3. The lowest BCUT2D eigenvalue weighted by atomic mass is 9.87. The van der Waals surface area contributed by atoms with Crippen LogP contribution in [0.1, 0.15) is 22.8 Å². The molecule has 1 N–H and O–H groups in total. The maximum absolute atomic E-state index is 12.9. The zero-order valence-corrected chi connectivity index (χ0v) is 16.0. The first-order valence-electron chi connectivity index (χ1n) is 8.19. The van der Waals surface area contributed by atoms with Crippen LogP contribution in [0.3, 0.4) is 0 Å². The first-order valence-corrected chi connectivity index (χ1v) is 8.19. The number of hydrogen-bond acceptors (Lipinski definition) is 7. The largest absolute Gasteiger partial charge is 0.468 e. The molecule has 0 spiro atoms. The highest BCUT2D eigenvalue weighted by Crippen LogP contribution is 2.29. The minimum atomic E-state index is -4.67. The summed E-state index contributed by atoms with van der Waals surface area (Å²) in [5.41, 5.74) is -1.44. The average molecular weight is 419 g/mol. The van der Waals surface area contributed by atoms with Crippen LogP contribution in [0.2, 0.25) is 0 Å². The third-order valence-electron chi connectivity index (χ3n) is 4.16. The van der Waals surface area contributed by atoms with E-state index >= 15 is 0 Å². The Morgan fingerprint density at radius 3 is 1.90 bits per heavy atom. The fraction of sp³-hybridized carbons (Fsp3) is 0.444. The van der Waals surface area contributed by atoms with Gasteiger partial charge in [0.2, 0.25) is 0 Å². The molecule has 0 saturated heterocycles. The summed E-state index contributed by atoms with van der Waals surface area (Å²) in [6.45, 7) is 1.28. The van der Waals surface area contributed by atoms with E-state index in [1.807, 2.05) is 0 Å². The Balaban J connectivity index is 3.22. The molecule has 0 unspecified atom stereocenters. The van der Waals surface area contributed by atoms with Crippen molar-refractivity contribution in [3.05, 3.63) is 35.4 Å². The van der Waals surface area contributed by atoms with Gasteiger partial charge in [0.15, 0.2) is 5.92 Å². The number of carbonyl (C=O) groups excluding carboxylic acids is 4. The molecular formula is C18H20F3NO7. The lowest BCUT2D eigenvalue weighted by Crippen LogP contribution is -2.51. The molecule has 2 atom stereocenters. The normalized spacial score (nSPS) is 13.2. The Morgan fingerprint density at radius 2 is 1.45 bits per heavy atom. The second-order valence-electron chi connectivity index (χ2n) is 5.94. The molecule has 29 heavy (non-hydrogen) atoms. The van der Waals surface area contributed by atoms with Crippen LogP contribution in [-0.2, 0) is 34.8 Å². The standard InChI is InChI=1S/C18H20F3NO7/c1-9(12(15(24)27-2)16(25)28-3)13(17(26)29-4)22-14(23)10-6-5-7-11(8-10)18(19,20)21/h5-9,12-13H,1-4H3,(H,22,23)/t9-,13+/m1/s1. The van der Waals surface area contributed by atoms with Crippen LogP contribution in [0.15, 0.2) is 24.3 Å². The molecule has 0 saturated carbocycles. The molecule has 1 aromatic rings. The minimum Gasteiger partial charge on any atom is -0.468 e. The Kier molecular flexibility index (Phi) is 8.16. The highest BCUT2D eigenvalue weighted by Gasteiger charge is 2.42. The molecule has 0 aliphatic heterocycles. The Morgan fingerprint density at radius 1 is 0.931 bits per heavy atom. The van der Waals surface area contributed by atoms with E-state index in [4.69, 9.17) is 0 Å². The smallest absolute Gasteiger partial charge is 0.416 e. The van der Waals surface area contributed by atoms with Gasteiger partial charge in [0, 0.05) is 11.5 Å². The van der Waals surface area contributed by atoms with Crippen molar-refractivity contribution in [1.82, 2.24) is 5.32 Å². The van der Waals surface area contributed by atoms with Crippen LogP contribution in [0.4, 0.5) is 13.2 Å². The van der Waals surface area contributed by atoms with Crippen LogP contribution in [-0.4, -0.2) is 51.2 Å². The summed E-state index contributed by atoms with van der Waals surface area (Å²) in [5.74, 6) is -6.88. The highest BCUT2D eigenvalue weighted by molar-refractivity contribution is 5.99. The quantitative estimate of drug-likeness (QED) is 0.406. The van der Waals surface area contributed by atoms with E-state index in [1.54, 1.807) is 0 Å². The number of carbonyl (C=O) groups is 4. The number of benzene rings is 1. The average Bonchev–Trinajstić information content (AvgIpc) is 2.70. The van der Waals surface area contributed by atoms with E-state index < -0.39 is 53.4 Å². The van der Waals surface area contributed by atoms with Gasteiger partial charge in [-0.15, -0.1) is 0 Å². The molecule has 8 nitrogen and oxygen atoms in total. The Hall–Kier alpha value is -3.11. The summed E-state index contributed by atoms with van der Waals surface area (Å²) < 4.78 is 52.2. The van der Waals surface area contributed by atoms with Gasteiger partial charge in [-0.2, -0.15) is 13.2 Å². The van der Waals surface area contributed by atoms with Crippen LogP contribution >= 0.6 is 0 Å². The lowest BCUT2D eigenvalue weighted by molar-refractivity contribution is -0.163. The van der Waals surface area contributed by atoms with Crippen LogP contribution in [0.5, 0.6) is 0 Å². The Labute approximate surface area is 164 Å². The van der Waals surface area contributed by atoms with Crippen molar-refractivity contribution in [3.8, 4) is 0 Å². The van der Waals surface area contributed by atoms with E-state index in [0.717, 1.165) is 39.5 Å². The summed E-state index contributed by atoms with van der Waals surface area (Å²) in [6.07, 6.45) is -4.67. The zero-order valence-electron chi connectivity index (χ0n) is 16.0. The molecule has 160 valence electrons. The molecule has 0 heterocycles. The van der Waals surface area contributed by atoms with Crippen molar-refractivity contribution >= 4 is 23.8 Å². The van der Waals surface area contributed by atoms with Crippen LogP contribution in [0.25, 0.3) is 0 Å². The maximum Gasteiger partial charge on any atom is 0.416 e. The van der Waals surface area contributed by atoms with Gasteiger partial charge < -0.3 is 19.5 Å². The number of hydrogen-bond donors (Lipinski definition) is 1. The van der Waals surface area contributed by atoms with Crippen molar-refractivity contribution in [2.75, 3.05) is 21.3 Å². The molecule has 11 heteroatoms. The molecular weight excluding hydrogens is 399 g/mol. The molecule has 0 radical (unpaired) electrons. The predicted octanol–water partition coefficient (Wildman–Crippen LogP) is 1.58. The molecule has 1 rings (SSSR count). The molecule has 1 aromatic carbocycles. The van der Waals surface area contributed by atoms with E-state index in [9.17, 15) is 32.3 Å². The summed E-state index contributed by atoms with van der Waals surface area (Å²) in [5, 5.41) is 2.20. The number of halogens is 3. The van der Waals surface area contributed by atoms with Gasteiger partial charge in [0.25, 0.3) is 5.91 Å². The number of amides is 1. The van der Waals surface area contributed by atoms with Gasteiger partial charge >= 0.3 is 24.1 Å². The third kappa shape index (κ3) is 5.93. The van der Waals surface area contributed by atoms with Gasteiger partial charge in [-0.1, -0.05) is 13.0 Å². The minimum absolute atomic E-state index is 0.381. The van der Waals surface area contributed by atoms with E-state index in [-0.39, 0.29) is 5.56 Å². The monoisotopic (exact) mass is 419 g/mol. The van der Waals surface area contributed by atoms with Crippen molar-refractivity contribution in [3.63, 3.8) is 0 Å². The van der Waals surface area contributed by atoms with Crippen molar-refractivity contribution in [1.29, 1.82) is 0 Å². The fourth-order valence-corrected chi connectivity index (χ4v) is 2.57. The van der Waals surface area contributed by atoms with Crippen molar-refractivity contribution < 1.29 is 46.6 Å². The highest BCUT2D eigenvalue weighted by atomic mass is 19.4. The van der Waals surface area contributed by atoms with Gasteiger partial charge in [0.05, 0.1) is 26.9 Å². The molecule has 0 aliphatic rings. The van der Waals surface area contributed by atoms with Crippen molar-refractivity contribution in [2.24, 2.45) is 11.8 Å². The number of alkyl halides is 3. The van der Waals surface area contributed by atoms with Crippen LogP contribution < -0.4 is 5.32 Å². The maximum atomic E-state index is 12.9. The topological polar surface area (TPSA) is 108 Å². The molecule has 0 aromatic heterocycles. The summed E-state index contributed by atoms with van der Waals surface area (Å²) >= 11 is 0. The third-order valence-corrected chi connectivity index (χ3v) is 4.16. The molecule has 0 fully saturated rings. The summed E-state index contributed by atoms with van der Waals surface area (Å²) in [6, 6.07) is 1.97. The van der Waals surface area contributed by atoms with E-state index in [2.05, 4.69) is 19.5 Å². The first kappa shape index (κ1) is 23.9. The SMILES string of the molecule is COC(=O)C(C(=O)OC)[C@@H](C)[C@H](NC(=O)c1cccc(C(F)(F)F)c1)C(=O)OC. The lowest BCUT2D eigenvalue weighted by Gasteiger charge is -2.27. The number of rotatable bonds is 7. The first-order chi connectivity index (χ1) is 13.5. The Bertz CT molecular complexity index is 763. The molecule has 1 amide bonds. The summed E-state index contributed by atoms with van der Waals surface area (Å²) in [4.78, 5) is 48.5. The van der Waals surface area contributed by atoms with E-state index in [1.165, 1.54) is 6.92 Å². The fourth-order valence-electron chi connectivity index (χ4n) is 2.57. The number of esters is 3.